The Balaban J connectivity index is 1.50. The Morgan fingerprint density at radius 1 is 1.16 bits per heavy atom. The number of aryl methyl sites for hydroxylation is 1. The first-order valence-electron chi connectivity index (χ1n) is 10.0. The predicted molar refractivity (Wildman–Crippen MR) is 109 cm³/mol. The van der Waals surface area contributed by atoms with Crippen molar-refractivity contribution in [1.82, 2.24) is 44.5 Å². The SMILES string of the molecule is Cn1nnc(-c2cc(NOC(=O)N3CCCCC3)nc(-c3cnc4ccc(F)cn34)n2)n1. The van der Waals surface area contributed by atoms with Crippen LogP contribution in [0.15, 0.2) is 30.6 Å². The fourth-order valence-electron chi connectivity index (χ4n) is 3.47. The van der Waals surface area contributed by atoms with E-state index in [4.69, 9.17) is 4.84 Å². The zero-order chi connectivity index (χ0) is 22.1. The van der Waals surface area contributed by atoms with Crippen LogP contribution in [0.3, 0.4) is 0 Å². The number of hydrogen-bond acceptors (Lipinski definition) is 9. The third kappa shape index (κ3) is 3.91. The fourth-order valence-corrected chi connectivity index (χ4v) is 3.47. The van der Waals surface area contributed by atoms with E-state index in [1.54, 1.807) is 18.0 Å². The van der Waals surface area contributed by atoms with E-state index in [-0.39, 0.29) is 17.5 Å². The number of imidazole rings is 1. The van der Waals surface area contributed by atoms with E-state index in [1.807, 2.05) is 0 Å². The van der Waals surface area contributed by atoms with Crippen LogP contribution in [0, 0.1) is 5.82 Å². The summed E-state index contributed by atoms with van der Waals surface area (Å²) in [5, 5.41) is 12.0. The van der Waals surface area contributed by atoms with Crippen molar-refractivity contribution in [2.45, 2.75) is 19.3 Å². The highest BCUT2D eigenvalue weighted by Crippen LogP contribution is 2.23. The molecule has 32 heavy (non-hydrogen) atoms. The molecule has 0 unspecified atom stereocenters. The van der Waals surface area contributed by atoms with E-state index in [1.165, 1.54) is 33.7 Å². The molecule has 1 amide bonds. The van der Waals surface area contributed by atoms with Gasteiger partial charge in [-0.25, -0.2) is 24.1 Å². The maximum absolute atomic E-state index is 13.8. The van der Waals surface area contributed by atoms with Crippen molar-refractivity contribution < 1.29 is 14.0 Å². The minimum Gasteiger partial charge on any atom is -0.323 e. The number of carbonyl (C=O) groups is 1. The molecule has 1 N–H and O–H groups in total. The zero-order valence-electron chi connectivity index (χ0n) is 17.1. The third-order valence-electron chi connectivity index (χ3n) is 5.02. The predicted octanol–water partition coefficient (Wildman–Crippen LogP) is 2.07. The molecule has 5 heterocycles. The van der Waals surface area contributed by atoms with Crippen molar-refractivity contribution in [3.8, 4) is 23.0 Å². The molecule has 0 spiro atoms. The van der Waals surface area contributed by atoms with Gasteiger partial charge in [-0.2, -0.15) is 10.3 Å². The van der Waals surface area contributed by atoms with Crippen LogP contribution in [0.2, 0.25) is 0 Å². The summed E-state index contributed by atoms with van der Waals surface area (Å²) >= 11 is 0. The molecule has 1 fully saturated rings. The number of pyridine rings is 1. The van der Waals surface area contributed by atoms with E-state index in [0.717, 1.165) is 19.3 Å². The number of halogens is 1. The second kappa shape index (κ2) is 8.17. The number of likely N-dealkylation sites (tertiary alicyclic amines) is 1. The number of amides is 1. The normalized spacial score (nSPS) is 14.0. The number of piperidine rings is 1. The van der Waals surface area contributed by atoms with Crippen LogP contribution in [-0.4, -0.2) is 63.6 Å². The first-order chi connectivity index (χ1) is 15.6. The van der Waals surface area contributed by atoms with Crippen molar-refractivity contribution in [3.63, 3.8) is 0 Å². The lowest BCUT2D eigenvalue weighted by atomic mass is 10.1. The van der Waals surface area contributed by atoms with E-state index in [2.05, 4.69) is 35.8 Å². The zero-order valence-corrected chi connectivity index (χ0v) is 17.1. The third-order valence-corrected chi connectivity index (χ3v) is 5.02. The highest BCUT2D eigenvalue weighted by Gasteiger charge is 2.20. The Kier molecular flexibility index (Phi) is 5.05. The van der Waals surface area contributed by atoms with Gasteiger partial charge in [-0.3, -0.25) is 4.40 Å². The molecule has 1 aliphatic heterocycles. The van der Waals surface area contributed by atoms with Crippen LogP contribution in [-0.2, 0) is 11.9 Å². The number of carbonyl (C=O) groups excluding carboxylic acids is 1. The average molecular weight is 438 g/mol. The van der Waals surface area contributed by atoms with Gasteiger partial charge in [0.15, 0.2) is 11.6 Å². The Morgan fingerprint density at radius 2 is 2.00 bits per heavy atom. The van der Waals surface area contributed by atoms with E-state index in [0.29, 0.717) is 30.1 Å². The second-order valence-electron chi connectivity index (χ2n) is 7.30. The van der Waals surface area contributed by atoms with Crippen LogP contribution in [0.4, 0.5) is 15.0 Å². The minimum absolute atomic E-state index is 0.203. The van der Waals surface area contributed by atoms with Crippen molar-refractivity contribution in [3.05, 3.63) is 36.4 Å². The number of rotatable bonds is 4. The summed E-state index contributed by atoms with van der Waals surface area (Å²) in [6, 6.07) is 4.40. The van der Waals surface area contributed by atoms with Gasteiger partial charge in [0.1, 0.15) is 22.9 Å². The lowest BCUT2D eigenvalue weighted by molar-refractivity contribution is 0.114. The Hall–Kier alpha value is -4.16. The molecule has 4 aromatic rings. The lowest BCUT2D eigenvalue weighted by Crippen LogP contribution is -2.37. The van der Waals surface area contributed by atoms with E-state index >= 15 is 0 Å². The standard InChI is InChI=1S/C19H19FN10O2/c1-28-25-17(24-27-28)13-9-15(26-32-19(31)29-7-3-2-4-8-29)23-18(22-13)14-10-21-16-6-5-12(20)11-30(14)16/h5-6,9-11H,2-4,7-8H2,1H3,(H,22,23,26). The number of aromatic nitrogens is 8. The number of nitrogens with zero attached hydrogens (tertiary/aromatic N) is 9. The Labute approximate surface area is 181 Å². The second-order valence-corrected chi connectivity index (χ2v) is 7.30. The van der Waals surface area contributed by atoms with Gasteiger partial charge in [0.05, 0.1) is 13.2 Å². The summed E-state index contributed by atoms with van der Waals surface area (Å²) in [6.45, 7) is 1.30. The van der Waals surface area contributed by atoms with Gasteiger partial charge in [0.25, 0.3) is 0 Å². The average Bonchev–Trinajstić information content (AvgIpc) is 3.44. The summed E-state index contributed by atoms with van der Waals surface area (Å²) in [6.07, 6.45) is 5.32. The first-order valence-corrected chi connectivity index (χ1v) is 10.0. The van der Waals surface area contributed by atoms with Crippen LogP contribution in [0.1, 0.15) is 19.3 Å². The number of fused-ring (bicyclic) bond motifs is 1. The smallest absolute Gasteiger partial charge is 0.323 e. The van der Waals surface area contributed by atoms with Gasteiger partial charge >= 0.3 is 6.09 Å². The molecule has 164 valence electrons. The van der Waals surface area contributed by atoms with Crippen molar-refractivity contribution in [1.29, 1.82) is 0 Å². The monoisotopic (exact) mass is 438 g/mol. The number of nitrogens with one attached hydrogen (secondary N) is 1. The van der Waals surface area contributed by atoms with Gasteiger partial charge in [0, 0.05) is 25.4 Å². The van der Waals surface area contributed by atoms with Crippen molar-refractivity contribution in [2.24, 2.45) is 7.05 Å². The summed E-state index contributed by atoms with van der Waals surface area (Å²) < 4.78 is 15.4. The lowest BCUT2D eigenvalue weighted by Gasteiger charge is -2.25. The highest BCUT2D eigenvalue weighted by atomic mass is 19.1. The molecular formula is C19H19FN10O2. The molecule has 4 aromatic heterocycles. The van der Waals surface area contributed by atoms with Crippen LogP contribution >= 0.6 is 0 Å². The number of hydrogen-bond donors (Lipinski definition) is 1. The molecule has 0 aromatic carbocycles. The van der Waals surface area contributed by atoms with Crippen LogP contribution < -0.4 is 5.48 Å². The summed E-state index contributed by atoms with van der Waals surface area (Å²) in [5.41, 5.74) is 3.90. The molecule has 5 rings (SSSR count). The fraction of sp³-hybridized carbons (Fsp3) is 0.316. The highest BCUT2D eigenvalue weighted by molar-refractivity contribution is 5.69. The van der Waals surface area contributed by atoms with Gasteiger partial charge in [-0.1, -0.05) is 0 Å². The molecule has 12 nitrogen and oxygen atoms in total. The maximum atomic E-state index is 13.8. The number of anilines is 1. The molecule has 0 aliphatic carbocycles. The van der Waals surface area contributed by atoms with E-state index < -0.39 is 11.9 Å². The quantitative estimate of drug-likeness (QED) is 0.476. The summed E-state index contributed by atoms with van der Waals surface area (Å²) in [7, 11) is 1.63. The molecule has 0 atom stereocenters. The summed E-state index contributed by atoms with van der Waals surface area (Å²) in [5.74, 6) is 0.234. The van der Waals surface area contributed by atoms with Crippen LogP contribution in [0.25, 0.3) is 28.7 Å². The molecule has 0 saturated carbocycles. The van der Waals surface area contributed by atoms with Crippen molar-refractivity contribution >= 4 is 17.6 Å². The van der Waals surface area contributed by atoms with Crippen molar-refractivity contribution in [2.75, 3.05) is 18.6 Å². The molecule has 13 heteroatoms. The van der Waals surface area contributed by atoms with E-state index in [9.17, 15) is 9.18 Å². The molecule has 1 saturated heterocycles. The van der Waals surface area contributed by atoms with Gasteiger partial charge in [-0.15, -0.1) is 10.2 Å². The molecule has 0 radical (unpaired) electrons. The minimum atomic E-state index is -0.485. The Bertz CT molecular complexity index is 1280. The topological polar surface area (TPSA) is 128 Å². The molecule has 0 bridgehead atoms. The van der Waals surface area contributed by atoms with Gasteiger partial charge in [-0.05, 0) is 36.6 Å². The largest absolute Gasteiger partial charge is 0.434 e. The number of tetrazole rings is 1. The molecular weight excluding hydrogens is 419 g/mol. The first kappa shape index (κ1) is 19.8. The molecule has 1 aliphatic rings. The summed E-state index contributed by atoms with van der Waals surface area (Å²) in [4.78, 5) is 33.7. The van der Waals surface area contributed by atoms with Crippen LogP contribution in [0.5, 0.6) is 0 Å². The Morgan fingerprint density at radius 3 is 2.78 bits per heavy atom. The maximum Gasteiger partial charge on any atom is 0.434 e. The van der Waals surface area contributed by atoms with Gasteiger partial charge in [0.2, 0.25) is 5.82 Å². The van der Waals surface area contributed by atoms with Gasteiger partial charge < -0.3 is 9.74 Å².